The zero-order valence-electron chi connectivity index (χ0n) is 10.0. The Kier molecular flexibility index (Phi) is 4.36. The molecule has 3 nitrogen and oxygen atoms in total. The molecular weight excluding hydrogens is 267 g/mol. The highest BCUT2D eigenvalue weighted by Gasteiger charge is 2.02. The molecule has 0 radical (unpaired) electrons. The summed E-state index contributed by atoms with van der Waals surface area (Å²) in [6.07, 6.45) is 1.54. The maximum atomic E-state index is 13.2. The van der Waals surface area contributed by atoms with E-state index in [9.17, 15) is 4.39 Å². The quantitative estimate of drug-likeness (QED) is 0.530. The smallest absolute Gasteiger partial charge is 0.142 e. The number of benzene rings is 2. The summed E-state index contributed by atoms with van der Waals surface area (Å²) in [6.45, 7) is 0.276. The average molecular weight is 279 g/mol. The summed E-state index contributed by atoms with van der Waals surface area (Å²) in [4.78, 5) is 0. The Balaban J connectivity index is 1.99. The second-order valence-corrected chi connectivity index (χ2v) is 4.29. The number of ether oxygens (including phenoxy) is 1. The van der Waals surface area contributed by atoms with Gasteiger partial charge in [-0.15, -0.1) is 0 Å². The normalized spacial score (nSPS) is 10.8. The lowest BCUT2D eigenvalue weighted by molar-refractivity contribution is 0.305. The molecule has 2 rings (SSSR count). The number of hydrogen-bond acceptors (Lipinski definition) is 3. The van der Waals surface area contributed by atoms with Crippen LogP contribution in [0.15, 0.2) is 47.6 Å². The van der Waals surface area contributed by atoms with Crippen LogP contribution < -0.4 is 10.6 Å². The van der Waals surface area contributed by atoms with Crippen LogP contribution >= 0.6 is 11.6 Å². The van der Waals surface area contributed by atoms with Crippen molar-refractivity contribution in [1.82, 2.24) is 0 Å². The van der Waals surface area contributed by atoms with E-state index in [1.54, 1.807) is 24.4 Å². The molecule has 98 valence electrons. The van der Waals surface area contributed by atoms with Crippen molar-refractivity contribution in [3.63, 3.8) is 0 Å². The zero-order valence-corrected chi connectivity index (χ0v) is 10.8. The maximum Gasteiger partial charge on any atom is 0.142 e. The third-order valence-electron chi connectivity index (χ3n) is 2.49. The highest BCUT2D eigenvalue weighted by Crippen LogP contribution is 2.18. The van der Waals surface area contributed by atoms with Crippen molar-refractivity contribution in [3.8, 4) is 5.75 Å². The molecule has 5 heteroatoms. The first-order valence-electron chi connectivity index (χ1n) is 5.59. The van der Waals surface area contributed by atoms with Gasteiger partial charge in [-0.05, 0) is 47.5 Å². The van der Waals surface area contributed by atoms with Crippen molar-refractivity contribution in [3.05, 3.63) is 64.4 Å². The molecule has 0 saturated carbocycles. The minimum Gasteiger partial charge on any atom is -0.489 e. The highest BCUT2D eigenvalue weighted by molar-refractivity contribution is 6.30. The Morgan fingerprint density at radius 3 is 2.58 bits per heavy atom. The van der Waals surface area contributed by atoms with Crippen molar-refractivity contribution >= 4 is 17.8 Å². The molecule has 0 aliphatic carbocycles. The molecule has 2 N–H and O–H groups in total. The van der Waals surface area contributed by atoms with Gasteiger partial charge in [0.25, 0.3) is 0 Å². The van der Waals surface area contributed by atoms with E-state index in [0.29, 0.717) is 5.75 Å². The highest BCUT2D eigenvalue weighted by atomic mass is 35.5. The zero-order chi connectivity index (χ0) is 13.7. The van der Waals surface area contributed by atoms with Gasteiger partial charge in [0.15, 0.2) is 0 Å². The topological polar surface area (TPSA) is 47.6 Å². The van der Waals surface area contributed by atoms with Crippen LogP contribution in [-0.2, 0) is 6.61 Å². The molecule has 0 unspecified atom stereocenters. The van der Waals surface area contributed by atoms with E-state index in [4.69, 9.17) is 22.2 Å². The Morgan fingerprint density at radius 2 is 1.95 bits per heavy atom. The molecule has 2 aromatic rings. The largest absolute Gasteiger partial charge is 0.489 e. The first-order chi connectivity index (χ1) is 9.19. The summed E-state index contributed by atoms with van der Waals surface area (Å²) in [5.74, 6) is 5.29. The molecule has 0 spiro atoms. The standard InChI is InChI=1S/C14H12ClFN2O/c15-13-6-3-11(7-14(13)16)9-19-12-4-1-10(2-5-12)8-18-17/h1-8H,9,17H2. The second kappa shape index (κ2) is 6.20. The van der Waals surface area contributed by atoms with E-state index >= 15 is 0 Å². The van der Waals surface area contributed by atoms with Crippen LogP contribution in [0.25, 0.3) is 0 Å². The lowest BCUT2D eigenvalue weighted by atomic mass is 10.2. The summed E-state index contributed by atoms with van der Waals surface area (Å²) >= 11 is 5.61. The predicted octanol–water partition coefficient (Wildman–Crippen LogP) is 3.35. The van der Waals surface area contributed by atoms with Crippen LogP contribution in [0.4, 0.5) is 4.39 Å². The summed E-state index contributed by atoms with van der Waals surface area (Å²) in [7, 11) is 0. The van der Waals surface area contributed by atoms with Crippen molar-refractivity contribution in [2.75, 3.05) is 0 Å². The first-order valence-corrected chi connectivity index (χ1v) is 5.97. The molecule has 2 aromatic carbocycles. The third-order valence-corrected chi connectivity index (χ3v) is 2.80. The Bertz CT molecular complexity index is 584. The monoisotopic (exact) mass is 278 g/mol. The van der Waals surface area contributed by atoms with Gasteiger partial charge in [0, 0.05) is 0 Å². The summed E-state index contributed by atoms with van der Waals surface area (Å²) in [6, 6.07) is 11.8. The van der Waals surface area contributed by atoms with Crippen molar-refractivity contribution in [2.45, 2.75) is 6.61 Å². The van der Waals surface area contributed by atoms with E-state index in [-0.39, 0.29) is 11.6 Å². The van der Waals surface area contributed by atoms with Gasteiger partial charge in [-0.25, -0.2) is 4.39 Å². The van der Waals surface area contributed by atoms with Crippen LogP contribution in [0.1, 0.15) is 11.1 Å². The van der Waals surface area contributed by atoms with Crippen LogP contribution in [0, 0.1) is 5.82 Å². The fourth-order valence-corrected chi connectivity index (χ4v) is 1.65. The van der Waals surface area contributed by atoms with Gasteiger partial charge in [-0.1, -0.05) is 17.7 Å². The molecule has 0 fully saturated rings. The van der Waals surface area contributed by atoms with Gasteiger partial charge in [-0.2, -0.15) is 5.10 Å². The molecule has 0 atom stereocenters. The van der Waals surface area contributed by atoms with E-state index in [2.05, 4.69) is 5.10 Å². The van der Waals surface area contributed by atoms with Crippen LogP contribution in [-0.4, -0.2) is 6.21 Å². The molecule has 0 aromatic heterocycles. The molecule has 0 amide bonds. The predicted molar refractivity (Wildman–Crippen MR) is 74.0 cm³/mol. The lowest BCUT2D eigenvalue weighted by Crippen LogP contribution is -1.96. The number of hydrogen-bond donors (Lipinski definition) is 1. The lowest BCUT2D eigenvalue weighted by Gasteiger charge is -2.07. The fourth-order valence-electron chi connectivity index (χ4n) is 1.53. The Labute approximate surface area is 115 Å². The Morgan fingerprint density at radius 1 is 1.21 bits per heavy atom. The van der Waals surface area contributed by atoms with Gasteiger partial charge in [0.2, 0.25) is 0 Å². The van der Waals surface area contributed by atoms with E-state index in [0.717, 1.165) is 11.1 Å². The summed E-state index contributed by atoms with van der Waals surface area (Å²) < 4.78 is 18.8. The number of rotatable bonds is 4. The number of nitrogens with zero attached hydrogens (tertiary/aromatic N) is 1. The molecule has 0 aliphatic heterocycles. The second-order valence-electron chi connectivity index (χ2n) is 3.88. The SMILES string of the molecule is NN=Cc1ccc(OCc2ccc(Cl)c(F)c2)cc1. The van der Waals surface area contributed by atoms with E-state index in [1.165, 1.54) is 12.1 Å². The fraction of sp³-hybridized carbons (Fsp3) is 0.0714. The van der Waals surface area contributed by atoms with Gasteiger partial charge in [0.1, 0.15) is 18.2 Å². The van der Waals surface area contributed by atoms with Crippen LogP contribution in [0.3, 0.4) is 0 Å². The number of halogens is 2. The molecule has 0 bridgehead atoms. The maximum absolute atomic E-state index is 13.2. The number of nitrogens with two attached hydrogens (primary N) is 1. The molecule has 0 saturated heterocycles. The number of hydrazone groups is 1. The summed E-state index contributed by atoms with van der Waals surface area (Å²) in [5.41, 5.74) is 1.60. The van der Waals surface area contributed by atoms with Crippen molar-refractivity contribution in [1.29, 1.82) is 0 Å². The minimum atomic E-state index is -0.447. The summed E-state index contributed by atoms with van der Waals surface area (Å²) in [5, 5.41) is 3.53. The van der Waals surface area contributed by atoms with Gasteiger partial charge in [-0.3, -0.25) is 0 Å². The Hall–Kier alpha value is -2.07. The molecule has 19 heavy (non-hydrogen) atoms. The first kappa shape index (κ1) is 13.4. The van der Waals surface area contributed by atoms with Crippen LogP contribution in [0.2, 0.25) is 5.02 Å². The average Bonchev–Trinajstić information content (AvgIpc) is 2.42. The molecular formula is C14H12ClFN2O. The van der Waals surface area contributed by atoms with Crippen molar-refractivity contribution in [2.24, 2.45) is 10.9 Å². The molecule has 0 heterocycles. The van der Waals surface area contributed by atoms with Crippen LogP contribution in [0.5, 0.6) is 5.75 Å². The van der Waals surface area contributed by atoms with E-state index < -0.39 is 5.82 Å². The van der Waals surface area contributed by atoms with Gasteiger partial charge >= 0.3 is 0 Å². The molecule has 0 aliphatic rings. The van der Waals surface area contributed by atoms with Gasteiger partial charge in [0.05, 0.1) is 11.2 Å². The van der Waals surface area contributed by atoms with E-state index in [1.807, 2.05) is 12.1 Å². The van der Waals surface area contributed by atoms with Crippen molar-refractivity contribution < 1.29 is 9.13 Å². The third kappa shape index (κ3) is 3.69. The minimum absolute atomic E-state index is 0.106. The van der Waals surface area contributed by atoms with Gasteiger partial charge < -0.3 is 10.6 Å².